The third-order valence-corrected chi connectivity index (χ3v) is 1.43. The number of rotatable bonds is 2. The monoisotopic (exact) mass is 132 g/mol. The van der Waals surface area contributed by atoms with E-state index in [0.717, 1.165) is 0 Å². The van der Waals surface area contributed by atoms with Gasteiger partial charge in [0.05, 0.1) is 6.61 Å². The molecule has 0 aliphatic rings. The molecule has 1 atom stereocenters. The minimum Gasteiger partial charge on any atom is -0.395 e. The smallest absolute Gasteiger partial charge is 0.0603 e. The largest absolute Gasteiger partial charge is 0.395 e. The first-order valence-corrected chi connectivity index (χ1v) is 3.09. The average Bonchev–Trinajstić information content (AvgIpc) is 1.65. The highest BCUT2D eigenvalue weighted by atomic mass is 16.3. The van der Waals surface area contributed by atoms with E-state index in [2.05, 4.69) is 5.43 Å². The van der Waals surface area contributed by atoms with Crippen molar-refractivity contribution in [1.82, 2.24) is 5.43 Å². The summed E-state index contributed by atoms with van der Waals surface area (Å²) in [4.78, 5) is 0. The second-order valence-corrected chi connectivity index (χ2v) is 3.27. The van der Waals surface area contributed by atoms with Gasteiger partial charge < -0.3 is 5.11 Å². The van der Waals surface area contributed by atoms with Gasteiger partial charge in [0.1, 0.15) is 0 Å². The van der Waals surface area contributed by atoms with Crippen LogP contribution in [0.2, 0.25) is 0 Å². The molecular weight excluding hydrogens is 116 g/mol. The van der Waals surface area contributed by atoms with Crippen molar-refractivity contribution >= 4 is 0 Å². The standard InChI is InChI=1S/C6H16N2O/c1-6(2,3)5(4-9)8-7/h5,8-9H,4,7H2,1-3H3/t5-/m1/s1. The number of nitrogens with two attached hydrogens (primary N) is 1. The van der Waals surface area contributed by atoms with Crippen LogP contribution in [0.15, 0.2) is 0 Å². The van der Waals surface area contributed by atoms with E-state index in [-0.39, 0.29) is 18.1 Å². The van der Waals surface area contributed by atoms with E-state index in [9.17, 15) is 0 Å². The molecule has 0 heterocycles. The van der Waals surface area contributed by atoms with Crippen molar-refractivity contribution in [3.05, 3.63) is 0 Å². The molecule has 0 aromatic heterocycles. The van der Waals surface area contributed by atoms with Crippen LogP contribution in [-0.4, -0.2) is 17.8 Å². The van der Waals surface area contributed by atoms with Crippen LogP contribution in [0.1, 0.15) is 20.8 Å². The van der Waals surface area contributed by atoms with E-state index in [1.165, 1.54) is 0 Å². The minimum absolute atomic E-state index is 0.0162. The van der Waals surface area contributed by atoms with Crippen LogP contribution in [0.3, 0.4) is 0 Å². The lowest BCUT2D eigenvalue weighted by Gasteiger charge is -2.27. The van der Waals surface area contributed by atoms with Crippen molar-refractivity contribution in [1.29, 1.82) is 0 Å². The van der Waals surface area contributed by atoms with E-state index in [1.807, 2.05) is 20.8 Å². The van der Waals surface area contributed by atoms with Crippen LogP contribution in [-0.2, 0) is 0 Å². The maximum atomic E-state index is 8.72. The van der Waals surface area contributed by atoms with Crippen LogP contribution in [0.4, 0.5) is 0 Å². The second-order valence-electron chi connectivity index (χ2n) is 3.27. The Labute approximate surface area is 56.2 Å². The molecule has 0 aliphatic heterocycles. The van der Waals surface area contributed by atoms with Crippen LogP contribution in [0.5, 0.6) is 0 Å². The molecule has 0 aromatic carbocycles. The third kappa shape index (κ3) is 2.79. The lowest BCUT2D eigenvalue weighted by atomic mass is 9.88. The quantitative estimate of drug-likeness (QED) is 0.362. The van der Waals surface area contributed by atoms with Gasteiger partial charge in [-0.2, -0.15) is 0 Å². The summed E-state index contributed by atoms with van der Waals surface area (Å²) in [7, 11) is 0. The molecule has 0 fully saturated rings. The lowest BCUT2D eigenvalue weighted by molar-refractivity contribution is 0.160. The second kappa shape index (κ2) is 3.15. The zero-order valence-electron chi connectivity index (χ0n) is 6.31. The van der Waals surface area contributed by atoms with Gasteiger partial charge in [0.15, 0.2) is 0 Å². The topological polar surface area (TPSA) is 58.3 Å². The van der Waals surface area contributed by atoms with E-state index < -0.39 is 0 Å². The predicted octanol–water partition coefficient (Wildman–Crippen LogP) is -0.143. The molecule has 0 aromatic rings. The molecule has 3 nitrogen and oxygen atoms in total. The number of aliphatic hydroxyl groups excluding tert-OH is 1. The Bertz CT molecular complexity index is 73.6. The molecule has 0 radical (unpaired) electrons. The highest BCUT2D eigenvalue weighted by Crippen LogP contribution is 2.17. The van der Waals surface area contributed by atoms with Crippen molar-refractivity contribution < 1.29 is 5.11 Å². The van der Waals surface area contributed by atoms with E-state index in [1.54, 1.807) is 0 Å². The molecule has 0 spiro atoms. The van der Waals surface area contributed by atoms with Crippen molar-refractivity contribution in [3.8, 4) is 0 Å². The van der Waals surface area contributed by atoms with Gasteiger partial charge in [-0.15, -0.1) is 0 Å². The van der Waals surface area contributed by atoms with Crippen molar-refractivity contribution in [2.75, 3.05) is 6.61 Å². The number of hydrazine groups is 1. The first-order valence-electron chi connectivity index (χ1n) is 3.09. The molecule has 0 amide bonds. The first kappa shape index (κ1) is 8.88. The first-order chi connectivity index (χ1) is 4.02. The summed E-state index contributed by atoms with van der Waals surface area (Å²) in [6, 6.07) is -0.0162. The maximum Gasteiger partial charge on any atom is 0.0603 e. The fourth-order valence-corrected chi connectivity index (χ4v) is 0.577. The van der Waals surface area contributed by atoms with Gasteiger partial charge in [0.25, 0.3) is 0 Å². The summed E-state index contributed by atoms with van der Waals surface area (Å²) in [5.41, 5.74) is 2.57. The normalized spacial score (nSPS) is 15.7. The van der Waals surface area contributed by atoms with Gasteiger partial charge in [0, 0.05) is 6.04 Å². The van der Waals surface area contributed by atoms with Gasteiger partial charge in [-0.1, -0.05) is 20.8 Å². The van der Waals surface area contributed by atoms with Crippen LogP contribution in [0.25, 0.3) is 0 Å². The Morgan fingerprint density at radius 3 is 2.00 bits per heavy atom. The molecule has 0 rings (SSSR count). The number of aliphatic hydroxyl groups is 1. The summed E-state index contributed by atoms with van der Waals surface area (Å²) in [5, 5.41) is 8.72. The van der Waals surface area contributed by atoms with Gasteiger partial charge >= 0.3 is 0 Å². The molecule has 3 heteroatoms. The summed E-state index contributed by atoms with van der Waals surface area (Å²) < 4.78 is 0. The zero-order valence-corrected chi connectivity index (χ0v) is 6.31. The average molecular weight is 132 g/mol. The van der Waals surface area contributed by atoms with Crippen LogP contribution < -0.4 is 11.3 Å². The zero-order chi connectivity index (χ0) is 7.49. The molecule has 0 unspecified atom stereocenters. The highest BCUT2D eigenvalue weighted by Gasteiger charge is 2.21. The van der Waals surface area contributed by atoms with Gasteiger partial charge in [-0.3, -0.25) is 11.3 Å². The SMILES string of the molecule is CC(C)(C)[C@@H](CO)NN. The summed E-state index contributed by atoms with van der Waals surface area (Å²) in [6.45, 7) is 6.15. The molecule has 0 saturated heterocycles. The van der Waals surface area contributed by atoms with Crippen molar-refractivity contribution in [3.63, 3.8) is 0 Å². The molecule has 4 N–H and O–H groups in total. The molecule has 0 saturated carbocycles. The minimum atomic E-state index is -0.0162. The molecule has 56 valence electrons. The fraction of sp³-hybridized carbons (Fsp3) is 1.00. The maximum absolute atomic E-state index is 8.72. The molecular formula is C6H16N2O. The molecule has 0 aliphatic carbocycles. The number of nitrogens with one attached hydrogen (secondary N) is 1. The van der Waals surface area contributed by atoms with Gasteiger partial charge in [-0.25, -0.2) is 0 Å². The molecule has 0 bridgehead atoms. The number of hydrogen-bond donors (Lipinski definition) is 3. The van der Waals surface area contributed by atoms with E-state index in [0.29, 0.717) is 0 Å². The Morgan fingerprint density at radius 1 is 1.56 bits per heavy atom. The van der Waals surface area contributed by atoms with Crippen LogP contribution >= 0.6 is 0 Å². The Balaban J connectivity index is 3.79. The Kier molecular flexibility index (Phi) is 3.11. The summed E-state index contributed by atoms with van der Waals surface area (Å²) in [5.74, 6) is 5.16. The van der Waals surface area contributed by atoms with Crippen molar-refractivity contribution in [2.45, 2.75) is 26.8 Å². The lowest BCUT2D eigenvalue weighted by Crippen LogP contribution is -2.46. The van der Waals surface area contributed by atoms with Gasteiger partial charge in [-0.05, 0) is 5.41 Å². The van der Waals surface area contributed by atoms with Gasteiger partial charge in [0.2, 0.25) is 0 Å². The number of hydrogen-bond acceptors (Lipinski definition) is 3. The molecule has 9 heavy (non-hydrogen) atoms. The Hall–Kier alpha value is -0.120. The van der Waals surface area contributed by atoms with E-state index in [4.69, 9.17) is 10.9 Å². The van der Waals surface area contributed by atoms with Crippen molar-refractivity contribution in [2.24, 2.45) is 11.3 Å². The summed E-state index contributed by atoms with van der Waals surface area (Å²) in [6.07, 6.45) is 0. The fourth-order valence-electron chi connectivity index (χ4n) is 0.577. The predicted molar refractivity (Wildman–Crippen MR) is 37.7 cm³/mol. The Morgan fingerprint density at radius 2 is 2.00 bits per heavy atom. The third-order valence-electron chi connectivity index (χ3n) is 1.43. The highest BCUT2D eigenvalue weighted by molar-refractivity contribution is 4.76. The van der Waals surface area contributed by atoms with Crippen LogP contribution in [0, 0.1) is 5.41 Å². The van der Waals surface area contributed by atoms with E-state index >= 15 is 0 Å². The summed E-state index contributed by atoms with van der Waals surface area (Å²) >= 11 is 0.